The van der Waals surface area contributed by atoms with Crippen molar-refractivity contribution >= 4 is 17.4 Å². The molecular weight excluding hydrogens is 1520 g/mol. The summed E-state index contributed by atoms with van der Waals surface area (Å²) in [4.78, 5) is 14.3. The molecule has 123 heavy (non-hydrogen) atoms. The lowest BCUT2D eigenvalue weighted by molar-refractivity contribution is -0.180. The fourth-order valence-electron chi connectivity index (χ4n) is 16.3. The van der Waals surface area contributed by atoms with Gasteiger partial charge in [0.2, 0.25) is 0 Å². The second-order valence-electron chi connectivity index (χ2n) is 36.8. The fraction of sp³-hybridized carbons (Fsp3) is 0.784. The van der Waals surface area contributed by atoms with Crippen molar-refractivity contribution in [1.29, 1.82) is 0 Å². The molecule has 6 nitrogen and oxygen atoms in total. The van der Waals surface area contributed by atoms with E-state index in [-0.39, 0.29) is 23.8 Å². The van der Waals surface area contributed by atoms with E-state index in [4.69, 9.17) is 30.5 Å². The van der Waals surface area contributed by atoms with Gasteiger partial charge < -0.3 is 23.8 Å². The summed E-state index contributed by atoms with van der Waals surface area (Å²) < 4.78 is 25.6. The molecule has 2 heterocycles. The SMILES string of the molecule is CCCCC/C=C\C/C=C\CCCCCCCCC(=O)CCCCCCC/C=C\C/C=C\CCCCC.CCCCC/C=C\C/C=C\CCCCCCCCC1(CCCCCCC/C=C\C/C=C\CCCCC)OCC(CCl)O1.CCCCC/C=C\C/C=C\CCCCCCCCC1(CCCCCCC/C=C\C/C=C\CCCCC)OCC(CN(C)C)O1. The van der Waals surface area contributed by atoms with Crippen LogP contribution in [-0.4, -0.2) is 74.2 Å². The Labute approximate surface area is 773 Å². The number of rotatable bonds is 90. The third kappa shape index (κ3) is 90.4. The van der Waals surface area contributed by atoms with Gasteiger partial charge in [0.25, 0.3) is 0 Å². The van der Waals surface area contributed by atoms with Gasteiger partial charge in [-0.25, -0.2) is 0 Å². The standard InChI is InChI=1S/C41H75NO2.C39H69ClO2.C36H64O/c1-5-7-9-11-13-15-17-19-21-23-25-27-29-31-33-35-37-41(43-39-40(44-41)38-42(3)4)36-34-32-30-28-26-24-22-20-18-16-14-12-10-8-6-2;1-3-5-7-9-11-13-15-17-19-21-23-25-27-29-31-33-35-39(41-37-38(36-40)42-39)34-32-30-28-26-24-22-20-18-16-14-12-10-8-6-4-2;1-3-5-7-9-11-13-15-17-19-21-23-25-27-29-31-33-35-36(37)34-32-30-28-26-24-22-20-18-16-14-12-10-8-6-4-2/h13-16,19-22,40H,5-12,17-18,23-39H2,1-4H3;11-14,17-20,38H,3-10,15-16,21-37H2,1-2H3;11-14,17-20H,3-10,15-16,21-35H2,1-2H3/b15-13-,16-14-,21-19-,22-20-;2*13-11-,14-12-,19-17-,20-18-. The smallest absolute Gasteiger partial charge is 0.168 e. The highest BCUT2D eigenvalue weighted by atomic mass is 35.5. The van der Waals surface area contributed by atoms with E-state index >= 15 is 0 Å². The first kappa shape index (κ1) is 120. The minimum Gasteiger partial charge on any atom is -0.347 e. The van der Waals surface area contributed by atoms with Crippen molar-refractivity contribution in [3.63, 3.8) is 0 Å². The first-order valence-corrected chi connectivity index (χ1v) is 54.4. The highest BCUT2D eigenvalue weighted by Crippen LogP contribution is 2.37. The maximum atomic E-state index is 12.1. The van der Waals surface area contributed by atoms with E-state index in [1.165, 1.54) is 392 Å². The quantitative estimate of drug-likeness (QED) is 0.0344. The molecule has 2 saturated heterocycles. The van der Waals surface area contributed by atoms with Crippen LogP contribution in [0.25, 0.3) is 0 Å². The fourth-order valence-corrected chi connectivity index (χ4v) is 16.5. The molecular formula is C116H208ClNO5. The Kier molecular flexibility index (Phi) is 98.0. The van der Waals surface area contributed by atoms with E-state index in [1.54, 1.807) is 0 Å². The van der Waals surface area contributed by atoms with Crippen LogP contribution < -0.4 is 0 Å². The average Bonchev–Trinajstić information content (AvgIpc) is 1.70. The Morgan fingerprint density at radius 3 is 0.626 bits per heavy atom. The summed E-state index contributed by atoms with van der Waals surface area (Å²) in [5, 5.41) is 0. The zero-order valence-corrected chi connectivity index (χ0v) is 84.0. The molecule has 7 heteroatoms. The lowest BCUT2D eigenvalue weighted by atomic mass is 9.98. The molecule has 4 atom stereocenters. The first-order chi connectivity index (χ1) is 60.7. The minimum absolute atomic E-state index is 0.0641. The normalized spacial score (nSPS) is 17.3. The van der Waals surface area contributed by atoms with E-state index in [2.05, 4.69) is 206 Å². The van der Waals surface area contributed by atoms with Gasteiger partial charge >= 0.3 is 0 Å². The van der Waals surface area contributed by atoms with Crippen LogP contribution in [0.1, 0.15) is 523 Å². The van der Waals surface area contributed by atoms with Gasteiger partial charge in [-0.15, -0.1) is 11.6 Å². The number of ketones is 1. The van der Waals surface area contributed by atoms with E-state index in [9.17, 15) is 4.79 Å². The number of hydrogen-bond acceptors (Lipinski definition) is 6. The van der Waals surface area contributed by atoms with Gasteiger partial charge in [-0.1, -0.05) is 399 Å². The number of likely N-dealkylation sites (N-methyl/N-ethyl adjacent to an activating group) is 1. The highest BCUT2D eigenvalue weighted by molar-refractivity contribution is 6.18. The molecule has 0 aromatic rings. The lowest BCUT2D eigenvalue weighted by Crippen LogP contribution is -2.33. The van der Waals surface area contributed by atoms with Crippen LogP contribution in [0.4, 0.5) is 0 Å². The third-order valence-corrected chi connectivity index (χ3v) is 24.5. The molecule has 2 aliphatic rings. The van der Waals surface area contributed by atoms with E-state index in [0.29, 0.717) is 18.3 Å². The number of Topliss-reactive ketones (excluding diaryl/α,β-unsaturated/α-hetero) is 1. The monoisotopic (exact) mass is 1730 g/mol. The number of carbonyl (C=O) groups excluding carboxylic acids is 1. The Bertz CT molecular complexity index is 2510. The summed E-state index contributed by atoms with van der Waals surface area (Å²) in [5.41, 5.74) is 0. The zero-order valence-electron chi connectivity index (χ0n) is 83.2. The summed E-state index contributed by atoms with van der Waals surface area (Å²) in [6.45, 7) is 15.9. The van der Waals surface area contributed by atoms with Crippen LogP contribution in [-0.2, 0) is 23.7 Å². The van der Waals surface area contributed by atoms with E-state index < -0.39 is 0 Å². The number of unbranched alkanes of at least 4 members (excludes halogenated alkanes) is 51. The van der Waals surface area contributed by atoms with Crippen molar-refractivity contribution in [2.75, 3.05) is 39.7 Å². The van der Waals surface area contributed by atoms with E-state index in [1.807, 2.05) is 0 Å². The largest absolute Gasteiger partial charge is 0.347 e. The molecule has 0 N–H and O–H groups in total. The number of nitrogens with zero attached hydrogens (tertiary/aromatic N) is 1. The number of alkyl halides is 1. The predicted octanol–water partition coefficient (Wildman–Crippen LogP) is 38.6. The molecule has 0 spiro atoms. The number of allylic oxidation sites excluding steroid dienone is 24. The van der Waals surface area contributed by atoms with Crippen molar-refractivity contribution < 1.29 is 23.7 Å². The summed E-state index contributed by atoms with van der Waals surface area (Å²) in [7, 11) is 4.26. The highest BCUT2D eigenvalue weighted by Gasteiger charge is 2.41. The number of halogens is 1. The van der Waals surface area contributed by atoms with Crippen LogP contribution in [0.15, 0.2) is 146 Å². The zero-order chi connectivity index (χ0) is 89.0. The van der Waals surface area contributed by atoms with Gasteiger partial charge in [0.1, 0.15) is 5.78 Å². The summed E-state index contributed by atoms with van der Waals surface area (Å²) in [6, 6.07) is 0. The van der Waals surface area contributed by atoms with Gasteiger partial charge in [0.05, 0.1) is 31.3 Å². The Balaban J connectivity index is 0.00000182. The van der Waals surface area contributed by atoms with Crippen molar-refractivity contribution in [2.24, 2.45) is 0 Å². The van der Waals surface area contributed by atoms with Crippen molar-refractivity contribution in [1.82, 2.24) is 4.90 Å². The van der Waals surface area contributed by atoms with Gasteiger partial charge in [-0.2, -0.15) is 0 Å². The molecule has 2 fully saturated rings. The van der Waals surface area contributed by atoms with Gasteiger partial charge in [-0.3, -0.25) is 4.79 Å². The molecule has 0 aromatic carbocycles. The molecule has 0 aromatic heterocycles. The third-order valence-electron chi connectivity index (χ3n) is 24.2. The average molecular weight is 1730 g/mol. The van der Waals surface area contributed by atoms with Crippen LogP contribution in [0.3, 0.4) is 0 Å². The topological polar surface area (TPSA) is 57.2 Å². The molecule has 0 saturated carbocycles. The van der Waals surface area contributed by atoms with Crippen LogP contribution in [0.5, 0.6) is 0 Å². The Morgan fingerprint density at radius 2 is 0.431 bits per heavy atom. The lowest BCUT2D eigenvalue weighted by Gasteiger charge is -2.29. The van der Waals surface area contributed by atoms with Crippen LogP contribution >= 0.6 is 11.6 Å². The van der Waals surface area contributed by atoms with E-state index in [0.717, 1.165) is 103 Å². The molecule has 0 bridgehead atoms. The molecule has 2 aliphatic heterocycles. The molecule has 4 unspecified atom stereocenters. The maximum Gasteiger partial charge on any atom is 0.168 e. The minimum atomic E-state index is -0.373. The molecule has 0 amide bonds. The molecule has 0 radical (unpaired) electrons. The van der Waals surface area contributed by atoms with Gasteiger partial charge in [0.15, 0.2) is 11.6 Å². The number of hydrogen-bond donors (Lipinski definition) is 0. The second-order valence-corrected chi connectivity index (χ2v) is 37.1. The van der Waals surface area contributed by atoms with Gasteiger partial charge in [-0.05, 0) is 245 Å². The number of carbonyl (C=O) groups is 1. The summed E-state index contributed by atoms with van der Waals surface area (Å²) in [6.07, 6.45) is 150. The summed E-state index contributed by atoms with van der Waals surface area (Å²) in [5.74, 6) is 0.327. The Hall–Kier alpha value is -3.36. The molecule has 0 aliphatic carbocycles. The van der Waals surface area contributed by atoms with Crippen LogP contribution in [0.2, 0.25) is 0 Å². The van der Waals surface area contributed by atoms with Crippen molar-refractivity contribution in [3.05, 3.63) is 146 Å². The Morgan fingerprint density at radius 1 is 0.252 bits per heavy atom. The van der Waals surface area contributed by atoms with Crippen LogP contribution in [0, 0.1) is 0 Å². The van der Waals surface area contributed by atoms with Gasteiger partial charge in [0, 0.05) is 45.1 Å². The second kappa shape index (κ2) is 101. The van der Waals surface area contributed by atoms with Crippen molar-refractivity contribution in [3.8, 4) is 0 Å². The summed E-state index contributed by atoms with van der Waals surface area (Å²) >= 11 is 6.11. The number of ether oxygens (including phenoxy) is 4. The van der Waals surface area contributed by atoms with Crippen molar-refractivity contribution in [2.45, 2.75) is 547 Å². The predicted molar refractivity (Wildman–Crippen MR) is 551 cm³/mol. The maximum absolute atomic E-state index is 12.1. The first-order valence-electron chi connectivity index (χ1n) is 53.8. The molecule has 714 valence electrons. The molecule has 2 rings (SSSR count).